The molecule has 146 valence electrons. The number of hydrogen-bond donors (Lipinski definition) is 2. The fourth-order valence-corrected chi connectivity index (χ4v) is 2.97. The molecule has 0 aliphatic rings. The van der Waals surface area contributed by atoms with Gasteiger partial charge in [0.15, 0.2) is 5.69 Å². The molecule has 0 atom stereocenters. The van der Waals surface area contributed by atoms with Gasteiger partial charge >= 0.3 is 6.18 Å². The van der Waals surface area contributed by atoms with Crippen LogP contribution in [0.5, 0.6) is 0 Å². The summed E-state index contributed by atoms with van der Waals surface area (Å²) < 4.78 is 41.6. The largest absolute Gasteiger partial charge is 0.434 e. The second kappa shape index (κ2) is 7.27. The number of aromatic amines is 1. The van der Waals surface area contributed by atoms with E-state index in [9.17, 15) is 18.0 Å². The van der Waals surface area contributed by atoms with E-state index in [-0.39, 0.29) is 5.69 Å². The van der Waals surface area contributed by atoms with Crippen molar-refractivity contribution in [1.82, 2.24) is 20.2 Å². The van der Waals surface area contributed by atoms with Crippen molar-refractivity contribution < 1.29 is 18.0 Å². The average Bonchev–Trinajstić information content (AvgIpc) is 3.33. The first-order valence-corrected chi connectivity index (χ1v) is 8.55. The van der Waals surface area contributed by atoms with E-state index in [0.717, 1.165) is 17.1 Å². The molecule has 2 N–H and O–H groups in total. The van der Waals surface area contributed by atoms with E-state index < -0.39 is 23.3 Å². The molecule has 0 saturated carbocycles. The van der Waals surface area contributed by atoms with Crippen molar-refractivity contribution in [2.75, 3.05) is 0 Å². The SMILES string of the molecule is O=C(NN=Cc1c[nH]c2ccccc12)c1cnn(-c2ccccc2)c1C(F)(F)F. The molecule has 6 nitrogen and oxygen atoms in total. The molecular weight excluding hydrogens is 383 g/mol. The van der Waals surface area contributed by atoms with E-state index in [2.05, 4.69) is 20.6 Å². The summed E-state index contributed by atoms with van der Waals surface area (Å²) >= 11 is 0. The number of para-hydroxylation sites is 2. The smallest absolute Gasteiger partial charge is 0.361 e. The highest BCUT2D eigenvalue weighted by Gasteiger charge is 2.40. The lowest BCUT2D eigenvalue weighted by molar-refractivity contribution is -0.143. The van der Waals surface area contributed by atoms with Crippen molar-refractivity contribution in [3.63, 3.8) is 0 Å². The second-order valence-corrected chi connectivity index (χ2v) is 6.14. The molecular formula is C20H14F3N5O. The summed E-state index contributed by atoms with van der Waals surface area (Å²) in [6, 6.07) is 15.2. The summed E-state index contributed by atoms with van der Waals surface area (Å²) in [5.41, 5.74) is 2.13. The number of hydrogen-bond acceptors (Lipinski definition) is 3. The molecule has 9 heteroatoms. The summed E-state index contributed by atoms with van der Waals surface area (Å²) in [7, 11) is 0. The van der Waals surface area contributed by atoms with Gasteiger partial charge in [0.05, 0.1) is 23.7 Å². The monoisotopic (exact) mass is 397 g/mol. The average molecular weight is 397 g/mol. The van der Waals surface area contributed by atoms with E-state index in [0.29, 0.717) is 10.2 Å². The van der Waals surface area contributed by atoms with Crippen LogP contribution < -0.4 is 5.43 Å². The first-order chi connectivity index (χ1) is 13.9. The topological polar surface area (TPSA) is 75.1 Å². The van der Waals surface area contributed by atoms with Crippen molar-refractivity contribution in [2.45, 2.75) is 6.18 Å². The Bertz CT molecular complexity index is 1190. The van der Waals surface area contributed by atoms with Crippen molar-refractivity contribution in [1.29, 1.82) is 0 Å². The number of halogens is 3. The van der Waals surface area contributed by atoms with Gasteiger partial charge in [-0.05, 0) is 18.2 Å². The van der Waals surface area contributed by atoms with Gasteiger partial charge in [0.2, 0.25) is 0 Å². The minimum absolute atomic E-state index is 0.196. The maximum absolute atomic E-state index is 13.6. The Balaban J connectivity index is 1.61. The third kappa shape index (κ3) is 3.62. The van der Waals surface area contributed by atoms with Gasteiger partial charge in [-0.3, -0.25) is 4.79 Å². The Morgan fingerprint density at radius 2 is 1.83 bits per heavy atom. The first kappa shape index (κ1) is 18.5. The standard InChI is InChI=1S/C20H14F3N5O/c21-20(22,23)18-16(12-26-28(18)14-6-2-1-3-7-14)19(29)27-25-11-13-10-24-17-9-5-4-8-15(13)17/h1-12,24H,(H,27,29). The molecule has 0 fully saturated rings. The van der Waals surface area contributed by atoms with Crippen LogP contribution in [0.2, 0.25) is 0 Å². The number of nitrogens with one attached hydrogen (secondary N) is 2. The molecule has 0 aliphatic carbocycles. The third-order valence-corrected chi connectivity index (χ3v) is 4.27. The molecule has 0 spiro atoms. The molecule has 0 aliphatic heterocycles. The zero-order chi connectivity index (χ0) is 20.4. The fourth-order valence-electron chi connectivity index (χ4n) is 2.97. The molecule has 0 bridgehead atoms. The van der Waals surface area contributed by atoms with Crippen LogP contribution >= 0.6 is 0 Å². The lowest BCUT2D eigenvalue weighted by atomic mass is 10.2. The van der Waals surface area contributed by atoms with E-state index >= 15 is 0 Å². The maximum atomic E-state index is 13.6. The highest BCUT2D eigenvalue weighted by Crippen LogP contribution is 2.33. The summed E-state index contributed by atoms with van der Waals surface area (Å²) in [4.78, 5) is 15.4. The van der Waals surface area contributed by atoms with Crippen LogP contribution in [0, 0.1) is 0 Å². The molecule has 1 amide bonds. The van der Waals surface area contributed by atoms with Crippen molar-refractivity contribution >= 4 is 23.0 Å². The zero-order valence-electron chi connectivity index (χ0n) is 14.8. The number of nitrogens with zero attached hydrogens (tertiary/aromatic N) is 3. The summed E-state index contributed by atoms with van der Waals surface area (Å²) in [5, 5.41) is 8.42. The second-order valence-electron chi connectivity index (χ2n) is 6.14. The number of rotatable bonds is 4. The highest BCUT2D eigenvalue weighted by atomic mass is 19.4. The zero-order valence-corrected chi connectivity index (χ0v) is 14.8. The van der Waals surface area contributed by atoms with E-state index in [4.69, 9.17) is 0 Å². The van der Waals surface area contributed by atoms with Crippen LogP contribution in [0.25, 0.3) is 16.6 Å². The number of alkyl halides is 3. The molecule has 0 radical (unpaired) electrons. The summed E-state index contributed by atoms with van der Waals surface area (Å²) in [6.45, 7) is 0. The van der Waals surface area contributed by atoms with Crippen LogP contribution in [0.3, 0.4) is 0 Å². The Labute approximate surface area is 162 Å². The van der Waals surface area contributed by atoms with Gasteiger partial charge in [-0.25, -0.2) is 10.1 Å². The van der Waals surface area contributed by atoms with Gasteiger partial charge in [0, 0.05) is 22.7 Å². The number of carbonyl (C=O) groups excluding carboxylic acids is 1. The van der Waals surface area contributed by atoms with Gasteiger partial charge in [0.1, 0.15) is 0 Å². The van der Waals surface area contributed by atoms with Crippen LogP contribution in [-0.2, 0) is 6.18 Å². The van der Waals surface area contributed by atoms with Crippen LogP contribution in [0.4, 0.5) is 13.2 Å². The molecule has 29 heavy (non-hydrogen) atoms. The number of H-pyrrole nitrogens is 1. The predicted octanol–water partition coefficient (Wildman–Crippen LogP) is 4.14. The summed E-state index contributed by atoms with van der Waals surface area (Å²) in [6.07, 6.45) is -0.841. The molecule has 2 aromatic carbocycles. The molecule has 2 aromatic heterocycles. The molecule has 4 aromatic rings. The van der Waals surface area contributed by atoms with Gasteiger partial charge in [-0.1, -0.05) is 36.4 Å². The summed E-state index contributed by atoms with van der Waals surface area (Å²) in [5.74, 6) is -1.00. The quantitative estimate of drug-likeness (QED) is 0.401. The minimum Gasteiger partial charge on any atom is -0.361 e. The molecule has 4 rings (SSSR count). The van der Waals surface area contributed by atoms with E-state index in [1.807, 2.05) is 24.3 Å². The first-order valence-electron chi connectivity index (χ1n) is 8.55. The van der Waals surface area contributed by atoms with Gasteiger partial charge < -0.3 is 4.98 Å². The highest BCUT2D eigenvalue weighted by molar-refractivity contribution is 6.00. The molecule has 0 unspecified atom stereocenters. The molecule has 2 heterocycles. The number of benzene rings is 2. The Kier molecular flexibility index (Phi) is 4.63. The fraction of sp³-hybridized carbons (Fsp3) is 0.0500. The van der Waals surface area contributed by atoms with Gasteiger partial charge in [-0.15, -0.1) is 0 Å². The van der Waals surface area contributed by atoms with Gasteiger partial charge in [0.25, 0.3) is 5.91 Å². The van der Waals surface area contributed by atoms with Crippen LogP contribution in [-0.4, -0.2) is 26.9 Å². The third-order valence-electron chi connectivity index (χ3n) is 4.27. The normalized spacial score (nSPS) is 12.0. The maximum Gasteiger partial charge on any atom is 0.434 e. The lowest BCUT2D eigenvalue weighted by Gasteiger charge is -2.12. The van der Waals surface area contributed by atoms with Crippen molar-refractivity contribution in [3.05, 3.63) is 83.8 Å². The predicted molar refractivity (Wildman–Crippen MR) is 102 cm³/mol. The van der Waals surface area contributed by atoms with Gasteiger partial charge in [-0.2, -0.15) is 23.4 Å². The number of carbonyl (C=O) groups is 1. The number of aromatic nitrogens is 3. The Morgan fingerprint density at radius 3 is 2.59 bits per heavy atom. The lowest BCUT2D eigenvalue weighted by Crippen LogP contribution is -2.23. The van der Waals surface area contributed by atoms with E-state index in [1.165, 1.54) is 18.3 Å². The Hall–Kier alpha value is -3.88. The number of fused-ring (bicyclic) bond motifs is 1. The number of amides is 1. The van der Waals surface area contributed by atoms with Crippen molar-refractivity contribution in [3.8, 4) is 5.69 Å². The molecule has 0 saturated heterocycles. The number of hydrazone groups is 1. The van der Waals surface area contributed by atoms with Crippen LogP contribution in [0.1, 0.15) is 21.6 Å². The minimum atomic E-state index is -4.78. The van der Waals surface area contributed by atoms with Crippen LogP contribution in [0.15, 0.2) is 72.1 Å². The van der Waals surface area contributed by atoms with E-state index in [1.54, 1.807) is 24.4 Å². The van der Waals surface area contributed by atoms with Crippen molar-refractivity contribution in [2.24, 2.45) is 5.10 Å². The Morgan fingerprint density at radius 1 is 1.10 bits per heavy atom.